The molecule has 0 radical (unpaired) electrons. The molecule has 0 bridgehead atoms. The van der Waals surface area contributed by atoms with Crippen LogP contribution in [0.2, 0.25) is 0 Å². The van der Waals surface area contributed by atoms with E-state index in [1.165, 1.54) is 6.08 Å². The molecule has 1 aliphatic rings. The number of ketones is 1. The second-order valence-electron chi connectivity index (χ2n) is 3.04. The minimum Gasteiger partial charge on any atom is -0.475 e. The summed E-state index contributed by atoms with van der Waals surface area (Å²) in [7, 11) is 0. The topological polar surface area (TPSA) is 54.4 Å². The largest absolute Gasteiger partial charge is 0.475 e. The molecule has 70 valence electrons. The highest BCUT2D eigenvalue weighted by molar-refractivity contribution is 6.38. The standard InChI is InChI=1S/C9H9ClO3/c1-9(10)5-3-2-4-6(9)7(11)8(12)13/h2-6H,1H3,(H,12,13). The first-order valence-electron chi connectivity index (χ1n) is 3.77. The van der Waals surface area contributed by atoms with Crippen LogP contribution in [0, 0.1) is 5.92 Å². The van der Waals surface area contributed by atoms with Gasteiger partial charge in [-0.1, -0.05) is 24.3 Å². The van der Waals surface area contributed by atoms with E-state index < -0.39 is 22.5 Å². The van der Waals surface area contributed by atoms with Gasteiger partial charge in [-0.2, -0.15) is 0 Å². The van der Waals surface area contributed by atoms with Gasteiger partial charge in [0.05, 0.1) is 10.8 Å². The third kappa shape index (κ3) is 1.98. The quantitative estimate of drug-likeness (QED) is 0.541. The fraction of sp³-hybridized carbons (Fsp3) is 0.333. The Morgan fingerprint density at radius 3 is 2.54 bits per heavy atom. The number of allylic oxidation sites excluding steroid dienone is 4. The zero-order valence-electron chi connectivity index (χ0n) is 7.03. The van der Waals surface area contributed by atoms with Crippen LogP contribution in [0.15, 0.2) is 24.3 Å². The van der Waals surface area contributed by atoms with Gasteiger partial charge in [0.15, 0.2) is 0 Å². The van der Waals surface area contributed by atoms with E-state index in [4.69, 9.17) is 16.7 Å². The summed E-state index contributed by atoms with van der Waals surface area (Å²) in [4.78, 5) is 20.6. The van der Waals surface area contributed by atoms with E-state index >= 15 is 0 Å². The van der Waals surface area contributed by atoms with Gasteiger partial charge in [-0.3, -0.25) is 4.79 Å². The molecule has 2 atom stereocenters. The third-order valence-corrected chi connectivity index (χ3v) is 2.30. The zero-order chi connectivity index (χ0) is 10.1. The van der Waals surface area contributed by atoms with Crippen LogP contribution in [0.25, 0.3) is 0 Å². The lowest BCUT2D eigenvalue weighted by atomic mass is 9.86. The van der Waals surface area contributed by atoms with Crippen molar-refractivity contribution >= 4 is 23.4 Å². The van der Waals surface area contributed by atoms with Crippen LogP contribution in [-0.2, 0) is 9.59 Å². The summed E-state index contributed by atoms with van der Waals surface area (Å²) in [6.07, 6.45) is 6.43. The fourth-order valence-electron chi connectivity index (χ4n) is 1.19. The highest BCUT2D eigenvalue weighted by atomic mass is 35.5. The van der Waals surface area contributed by atoms with Crippen molar-refractivity contribution in [1.82, 2.24) is 0 Å². The molecule has 0 aromatic carbocycles. The summed E-state index contributed by atoms with van der Waals surface area (Å²) >= 11 is 5.95. The average molecular weight is 201 g/mol. The van der Waals surface area contributed by atoms with E-state index in [-0.39, 0.29) is 0 Å². The van der Waals surface area contributed by atoms with Crippen LogP contribution in [0.5, 0.6) is 0 Å². The maximum atomic E-state index is 11.1. The molecule has 1 aliphatic carbocycles. The smallest absolute Gasteiger partial charge is 0.372 e. The molecule has 0 aromatic rings. The highest BCUT2D eigenvalue weighted by Crippen LogP contribution is 2.31. The summed E-state index contributed by atoms with van der Waals surface area (Å²) in [5, 5.41) is 8.50. The molecule has 13 heavy (non-hydrogen) atoms. The third-order valence-electron chi connectivity index (χ3n) is 1.94. The van der Waals surface area contributed by atoms with Gasteiger partial charge in [-0.15, -0.1) is 11.6 Å². The lowest BCUT2D eigenvalue weighted by Gasteiger charge is -2.26. The van der Waals surface area contributed by atoms with Gasteiger partial charge in [0.2, 0.25) is 5.78 Å². The summed E-state index contributed by atoms with van der Waals surface area (Å²) in [5.41, 5.74) is 0. The SMILES string of the molecule is CC1(Cl)C=CC=CC1C(=O)C(=O)O. The van der Waals surface area contributed by atoms with Crippen molar-refractivity contribution in [2.75, 3.05) is 0 Å². The van der Waals surface area contributed by atoms with Crippen molar-refractivity contribution < 1.29 is 14.7 Å². The lowest BCUT2D eigenvalue weighted by molar-refractivity contribution is -0.150. The summed E-state index contributed by atoms with van der Waals surface area (Å²) in [6, 6.07) is 0. The number of rotatable bonds is 2. The normalized spacial score (nSPS) is 31.7. The van der Waals surface area contributed by atoms with Gasteiger partial charge in [0.25, 0.3) is 0 Å². The molecule has 0 fully saturated rings. The van der Waals surface area contributed by atoms with Crippen molar-refractivity contribution in [3.8, 4) is 0 Å². The lowest BCUT2D eigenvalue weighted by Crippen LogP contribution is -2.36. The molecule has 0 aliphatic heterocycles. The first-order chi connectivity index (χ1) is 5.95. The Balaban J connectivity index is 2.93. The minimum atomic E-state index is -1.45. The molecule has 3 nitrogen and oxygen atoms in total. The van der Waals surface area contributed by atoms with Crippen LogP contribution < -0.4 is 0 Å². The Bertz CT molecular complexity index is 302. The van der Waals surface area contributed by atoms with Gasteiger partial charge < -0.3 is 5.11 Å². The van der Waals surface area contributed by atoms with Crippen LogP contribution in [-0.4, -0.2) is 21.7 Å². The second kappa shape index (κ2) is 3.34. The van der Waals surface area contributed by atoms with Crippen LogP contribution >= 0.6 is 11.6 Å². The van der Waals surface area contributed by atoms with Crippen LogP contribution in [0.1, 0.15) is 6.92 Å². The molecule has 1 rings (SSSR count). The Kier molecular flexibility index (Phi) is 2.57. The van der Waals surface area contributed by atoms with E-state index in [1.54, 1.807) is 25.2 Å². The Labute approximate surface area is 80.7 Å². The first kappa shape index (κ1) is 9.99. The number of alkyl halides is 1. The summed E-state index contributed by atoms with van der Waals surface area (Å²) < 4.78 is 0. The van der Waals surface area contributed by atoms with Crippen molar-refractivity contribution in [3.05, 3.63) is 24.3 Å². The molecule has 4 heteroatoms. The minimum absolute atomic E-state index is 0.781. The average Bonchev–Trinajstić information content (AvgIpc) is 2.02. The first-order valence-corrected chi connectivity index (χ1v) is 4.15. The molecule has 2 unspecified atom stereocenters. The molecular weight excluding hydrogens is 192 g/mol. The van der Waals surface area contributed by atoms with E-state index in [0.717, 1.165) is 0 Å². The van der Waals surface area contributed by atoms with Crippen LogP contribution in [0.4, 0.5) is 0 Å². The molecule has 0 saturated heterocycles. The number of hydrogen-bond acceptors (Lipinski definition) is 2. The Morgan fingerprint density at radius 1 is 1.46 bits per heavy atom. The predicted octanol–water partition coefficient (Wildman–Crippen LogP) is 1.38. The van der Waals surface area contributed by atoms with Crippen molar-refractivity contribution in [2.24, 2.45) is 5.92 Å². The number of carboxylic acids is 1. The molecule has 0 aromatic heterocycles. The number of halogens is 1. The van der Waals surface area contributed by atoms with E-state index in [1.807, 2.05) is 0 Å². The second-order valence-corrected chi connectivity index (χ2v) is 3.86. The maximum Gasteiger partial charge on any atom is 0.372 e. The van der Waals surface area contributed by atoms with Crippen molar-refractivity contribution in [1.29, 1.82) is 0 Å². The highest BCUT2D eigenvalue weighted by Gasteiger charge is 2.37. The Hall–Kier alpha value is -1.09. The Morgan fingerprint density at radius 2 is 2.08 bits per heavy atom. The molecule has 1 N–H and O–H groups in total. The van der Waals surface area contributed by atoms with E-state index in [2.05, 4.69) is 0 Å². The maximum absolute atomic E-state index is 11.1. The number of hydrogen-bond donors (Lipinski definition) is 1. The van der Waals surface area contributed by atoms with E-state index in [0.29, 0.717) is 0 Å². The molecule has 0 saturated carbocycles. The number of carbonyl (C=O) groups is 2. The molecule has 0 amide bonds. The van der Waals surface area contributed by atoms with Gasteiger partial charge in [-0.25, -0.2) is 4.79 Å². The molecule has 0 spiro atoms. The van der Waals surface area contributed by atoms with Gasteiger partial charge in [0.1, 0.15) is 0 Å². The van der Waals surface area contributed by atoms with Gasteiger partial charge in [0, 0.05) is 0 Å². The van der Waals surface area contributed by atoms with Gasteiger partial charge >= 0.3 is 5.97 Å². The van der Waals surface area contributed by atoms with Crippen LogP contribution in [0.3, 0.4) is 0 Å². The van der Waals surface area contributed by atoms with Crippen molar-refractivity contribution in [2.45, 2.75) is 11.8 Å². The van der Waals surface area contributed by atoms with Gasteiger partial charge in [-0.05, 0) is 6.92 Å². The number of Topliss-reactive ketones (excluding diaryl/α,β-unsaturated/α-hetero) is 1. The predicted molar refractivity (Wildman–Crippen MR) is 48.7 cm³/mol. The summed E-state index contributed by atoms with van der Waals surface area (Å²) in [5.74, 6) is -3.11. The number of aliphatic carboxylic acids is 1. The summed E-state index contributed by atoms with van der Waals surface area (Å²) in [6.45, 7) is 1.61. The number of carbonyl (C=O) groups excluding carboxylic acids is 1. The van der Waals surface area contributed by atoms with Crippen molar-refractivity contribution in [3.63, 3.8) is 0 Å². The van der Waals surface area contributed by atoms with E-state index in [9.17, 15) is 9.59 Å². The zero-order valence-corrected chi connectivity index (χ0v) is 7.78. The monoisotopic (exact) mass is 200 g/mol. The fourth-order valence-corrected chi connectivity index (χ4v) is 1.43. The molecule has 0 heterocycles. The molecular formula is C9H9ClO3. The number of carboxylic acid groups (broad SMARTS) is 1.